The van der Waals surface area contributed by atoms with Crippen molar-refractivity contribution in [2.24, 2.45) is 5.41 Å². The quantitative estimate of drug-likeness (QED) is 0.609. The fourth-order valence-corrected chi connectivity index (χ4v) is 3.78. The zero-order valence-corrected chi connectivity index (χ0v) is 12.2. The van der Waals surface area contributed by atoms with Crippen LogP contribution in [0.5, 0.6) is 0 Å². The van der Waals surface area contributed by atoms with Gasteiger partial charge in [-0.1, -0.05) is 20.8 Å². The maximum Gasteiger partial charge on any atom is 0.174 e. The Balaban J connectivity index is 2.36. The van der Waals surface area contributed by atoms with Crippen molar-refractivity contribution in [2.45, 2.75) is 52.9 Å². The molecule has 0 atom stereocenters. The van der Waals surface area contributed by atoms with Gasteiger partial charge in [0.25, 0.3) is 0 Å². The second kappa shape index (κ2) is 4.96. The van der Waals surface area contributed by atoms with E-state index >= 15 is 0 Å². The van der Waals surface area contributed by atoms with Crippen LogP contribution in [0, 0.1) is 5.41 Å². The SMILES string of the molecule is CC(C)(C)CC(=O)c1sc2c(c1C=O)CCCC2. The van der Waals surface area contributed by atoms with Crippen LogP contribution in [0.25, 0.3) is 0 Å². The minimum Gasteiger partial charge on any atom is -0.298 e. The summed E-state index contributed by atoms with van der Waals surface area (Å²) in [7, 11) is 0. The summed E-state index contributed by atoms with van der Waals surface area (Å²) in [5.74, 6) is 0.129. The molecule has 0 amide bonds. The van der Waals surface area contributed by atoms with E-state index in [1.54, 1.807) is 11.3 Å². The minimum absolute atomic E-state index is 0.0261. The Kier molecular flexibility index (Phi) is 3.71. The van der Waals surface area contributed by atoms with E-state index in [1.807, 2.05) is 0 Å². The van der Waals surface area contributed by atoms with E-state index in [0.717, 1.165) is 31.1 Å². The van der Waals surface area contributed by atoms with Gasteiger partial charge < -0.3 is 0 Å². The Morgan fingerprint density at radius 1 is 1.28 bits per heavy atom. The largest absolute Gasteiger partial charge is 0.298 e. The van der Waals surface area contributed by atoms with Crippen LogP contribution < -0.4 is 0 Å². The smallest absolute Gasteiger partial charge is 0.174 e. The molecular weight excluding hydrogens is 244 g/mol. The Morgan fingerprint density at radius 2 is 1.94 bits per heavy atom. The van der Waals surface area contributed by atoms with Crippen LogP contribution in [0.3, 0.4) is 0 Å². The molecule has 0 spiro atoms. The molecular formula is C15H20O2S. The summed E-state index contributed by atoms with van der Waals surface area (Å²) < 4.78 is 0. The lowest BCUT2D eigenvalue weighted by atomic mass is 9.88. The zero-order valence-electron chi connectivity index (χ0n) is 11.3. The molecule has 0 aromatic carbocycles. The van der Waals surface area contributed by atoms with Crippen molar-refractivity contribution in [3.8, 4) is 0 Å². The van der Waals surface area contributed by atoms with E-state index in [-0.39, 0.29) is 11.2 Å². The first-order chi connectivity index (χ1) is 8.42. The fourth-order valence-electron chi connectivity index (χ4n) is 2.48. The standard InChI is InChI=1S/C15H20O2S/c1-15(2,3)8-12(17)14-11(9-16)10-6-4-5-7-13(10)18-14/h9H,4-8H2,1-3H3. The first-order valence-corrected chi connectivity index (χ1v) is 7.37. The molecule has 0 saturated carbocycles. The third-order valence-electron chi connectivity index (χ3n) is 3.27. The van der Waals surface area contributed by atoms with Crippen LogP contribution in [-0.2, 0) is 12.8 Å². The normalized spacial score (nSPS) is 15.3. The summed E-state index contributed by atoms with van der Waals surface area (Å²) in [4.78, 5) is 25.6. The van der Waals surface area contributed by atoms with Crippen LogP contribution in [-0.4, -0.2) is 12.1 Å². The molecule has 0 radical (unpaired) electrons. The molecule has 1 aliphatic carbocycles. The molecule has 0 fully saturated rings. The summed E-state index contributed by atoms with van der Waals surface area (Å²) in [6, 6.07) is 0. The Bertz CT molecular complexity index is 477. The lowest BCUT2D eigenvalue weighted by molar-refractivity contribution is 0.0939. The number of rotatable bonds is 3. The van der Waals surface area contributed by atoms with Crippen molar-refractivity contribution in [2.75, 3.05) is 0 Å². The molecule has 0 bridgehead atoms. The number of aryl methyl sites for hydroxylation is 1. The van der Waals surface area contributed by atoms with Crippen LogP contribution in [0.4, 0.5) is 0 Å². The van der Waals surface area contributed by atoms with E-state index in [9.17, 15) is 9.59 Å². The van der Waals surface area contributed by atoms with Crippen molar-refractivity contribution >= 4 is 23.4 Å². The summed E-state index contributed by atoms with van der Waals surface area (Å²) >= 11 is 1.55. The van der Waals surface area contributed by atoms with Gasteiger partial charge in [-0.25, -0.2) is 0 Å². The van der Waals surface area contributed by atoms with Gasteiger partial charge in [0, 0.05) is 16.9 Å². The average molecular weight is 264 g/mol. The van der Waals surface area contributed by atoms with Crippen molar-refractivity contribution in [1.29, 1.82) is 0 Å². The Morgan fingerprint density at radius 3 is 2.56 bits per heavy atom. The highest BCUT2D eigenvalue weighted by Gasteiger charge is 2.26. The van der Waals surface area contributed by atoms with Gasteiger partial charge in [0.1, 0.15) is 0 Å². The fraction of sp³-hybridized carbons (Fsp3) is 0.600. The maximum absolute atomic E-state index is 12.3. The molecule has 2 nitrogen and oxygen atoms in total. The summed E-state index contributed by atoms with van der Waals surface area (Å²) in [5.41, 5.74) is 1.81. The number of fused-ring (bicyclic) bond motifs is 1. The minimum atomic E-state index is -0.0261. The van der Waals surface area contributed by atoms with E-state index in [1.165, 1.54) is 11.3 Å². The number of ketones is 1. The van der Waals surface area contributed by atoms with Crippen LogP contribution in [0.1, 0.15) is 70.5 Å². The van der Waals surface area contributed by atoms with E-state index in [0.29, 0.717) is 16.9 Å². The molecule has 0 N–H and O–H groups in total. The number of hydrogen-bond donors (Lipinski definition) is 0. The summed E-state index contributed by atoms with van der Waals surface area (Å²) in [6.07, 6.45) is 5.70. The number of carbonyl (C=O) groups excluding carboxylic acids is 2. The maximum atomic E-state index is 12.3. The molecule has 0 saturated heterocycles. The zero-order chi connectivity index (χ0) is 13.3. The summed E-state index contributed by atoms with van der Waals surface area (Å²) in [6.45, 7) is 6.16. The van der Waals surface area contributed by atoms with Gasteiger partial charge in [-0.15, -0.1) is 11.3 Å². The van der Waals surface area contributed by atoms with Gasteiger partial charge >= 0.3 is 0 Å². The molecule has 0 unspecified atom stereocenters. The Hall–Kier alpha value is -0.960. The second-order valence-electron chi connectivity index (χ2n) is 6.23. The van der Waals surface area contributed by atoms with Gasteiger partial charge in [-0.3, -0.25) is 9.59 Å². The molecule has 1 heterocycles. The lowest BCUT2D eigenvalue weighted by Crippen LogP contribution is -2.13. The van der Waals surface area contributed by atoms with E-state index in [2.05, 4.69) is 20.8 Å². The highest BCUT2D eigenvalue weighted by Crippen LogP contribution is 2.35. The van der Waals surface area contributed by atoms with Crippen molar-refractivity contribution in [1.82, 2.24) is 0 Å². The van der Waals surface area contributed by atoms with Crippen LogP contribution >= 0.6 is 11.3 Å². The van der Waals surface area contributed by atoms with Gasteiger partial charge in [0.05, 0.1) is 4.88 Å². The van der Waals surface area contributed by atoms with Crippen molar-refractivity contribution in [3.63, 3.8) is 0 Å². The van der Waals surface area contributed by atoms with Crippen molar-refractivity contribution < 1.29 is 9.59 Å². The number of carbonyl (C=O) groups is 2. The molecule has 1 aromatic heterocycles. The number of hydrogen-bond acceptors (Lipinski definition) is 3. The third-order valence-corrected chi connectivity index (χ3v) is 4.62. The molecule has 3 heteroatoms. The van der Waals surface area contributed by atoms with Gasteiger partial charge in [-0.05, 0) is 36.7 Å². The molecule has 18 heavy (non-hydrogen) atoms. The molecule has 0 aliphatic heterocycles. The highest BCUT2D eigenvalue weighted by molar-refractivity contribution is 7.14. The predicted molar refractivity (Wildman–Crippen MR) is 74.8 cm³/mol. The predicted octanol–water partition coefficient (Wildman–Crippen LogP) is 4.06. The van der Waals surface area contributed by atoms with Crippen molar-refractivity contribution in [3.05, 3.63) is 20.9 Å². The van der Waals surface area contributed by atoms with E-state index < -0.39 is 0 Å². The Labute approximate surface area is 112 Å². The lowest BCUT2D eigenvalue weighted by Gasteiger charge is -2.16. The number of Topliss-reactive ketones (excluding diaryl/α,β-unsaturated/α-hetero) is 1. The van der Waals surface area contributed by atoms with Crippen LogP contribution in [0.2, 0.25) is 0 Å². The average Bonchev–Trinajstić information content (AvgIpc) is 2.65. The summed E-state index contributed by atoms with van der Waals surface area (Å²) in [5, 5.41) is 0. The number of aldehydes is 1. The number of thiophene rings is 1. The third kappa shape index (κ3) is 2.72. The van der Waals surface area contributed by atoms with Gasteiger partial charge in [0.2, 0.25) is 0 Å². The second-order valence-corrected chi connectivity index (χ2v) is 7.34. The topological polar surface area (TPSA) is 34.1 Å². The van der Waals surface area contributed by atoms with Crippen LogP contribution in [0.15, 0.2) is 0 Å². The monoisotopic (exact) mass is 264 g/mol. The highest BCUT2D eigenvalue weighted by atomic mass is 32.1. The first-order valence-electron chi connectivity index (χ1n) is 6.55. The molecule has 1 aromatic rings. The van der Waals surface area contributed by atoms with Gasteiger partial charge in [-0.2, -0.15) is 0 Å². The first kappa shape index (κ1) is 13.5. The molecule has 1 aliphatic rings. The molecule has 2 rings (SSSR count). The molecule has 98 valence electrons. The van der Waals surface area contributed by atoms with Gasteiger partial charge in [0.15, 0.2) is 12.1 Å². The van der Waals surface area contributed by atoms with E-state index in [4.69, 9.17) is 0 Å².